The number of esters is 1. The van der Waals surface area contributed by atoms with Crippen LogP contribution in [-0.2, 0) is 20.7 Å². The number of fused-ring (bicyclic) bond motifs is 1. The number of hydrogen-bond acceptors (Lipinski definition) is 9. The van der Waals surface area contributed by atoms with Crippen LogP contribution in [0.15, 0.2) is 60.7 Å². The van der Waals surface area contributed by atoms with E-state index in [9.17, 15) is 19.5 Å². The summed E-state index contributed by atoms with van der Waals surface area (Å²) in [5.74, 6) is -1.33. The van der Waals surface area contributed by atoms with Gasteiger partial charge in [0.05, 0.1) is 23.9 Å². The minimum absolute atomic E-state index is 0.00134. The van der Waals surface area contributed by atoms with E-state index < -0.39 is 23.7 Å². The Morgan fingerprint density at radius 2 is 2.05 bits per heavy atom. The molecule has 3 heterocycles. The number of aliphatic hydroxyl groups is 1. The van der Waals surface area contributed by atoms with Gasteiger partial charge in [-0.2, -0.15) is 0 Å². The van der Waals surface area contributed by atoms with Gasteiger partial charge in [0.25, 0.3) is 5.78 Å². The van der Waals surface area contributed by atoms with E-state index in [0.717, 1.165) is 41.9 Å². The zero-order valence-electron chi connectivity index (χ0n) is 24.4. The molecule has 0 saturated carbocycles. The fourth-order valence-corrected chi connectivity index (χ4v) is 6.25. The number of carbonyl (C=O) groups excluding carboxylic acids is 3. The molecule has 1 N–H and O–H groups in total. The number of anilines is 1. The average Bonchev–Trinajstić information content (AvgIpc) is 3.65. The maximum atomic E-state index is 13.7. The molecule has 1 saturated heterocycles. The maximum absolute atomic E-state index is 13.7. The molecule has 0 spiro atoms. The lowest BCUT2D eigenvalue weighted by atomic mass is 9.94. The second-order valence-corrected chi connectivity index (χ2v) is 11.5. The fourth-order valence-electron chi connectivity index (χ4n) is 5.26. The topological polar surface area (TPSA) is 115 Å². The number of ether oxygens (including phenoxy) is 3. The van der Waals surface area contributed by atoms with Gasteiger partial charge in [0, 0.05) is 12.0 Å². The fraction of sp³-hybridized carbons (Fsp3) is 0.333. The first-order chi connectivity index (χ1) is 20.7. The van der Waals surface area contributed by atoms with Crippen molar-refractivity contribution in [1.29, 1.82) is 0 Å². The Morgan fingerprint density at radius 3 is 2.81 bits per heavy atom. The Labute approximate surface area is 254 Å². The van der Waals surface area contributed by atoms with Crippen LogP contribution in [0.25, 0.3) is 5.76 Å². The normalized spacial score (nSPS) is 18.8. The quantitative estimate of drug-likeness (QED) is 0.0678. The van der Waals surface area contributed by atoms with Crippen molar-refractivity contribution >= 4 is 39.9 Å². The van der Waals surface area contributed by atoms with Crippen molar-refractivity contribution in [1.82, 2.24) is 4.98 Å². The number of unbranched alkanes of at least 4 members (excludes halogenated alkanes) is 2. The van der Waals surface area contributed by atoms with Gasteiger partial charge in [0.1, 0.15) is 34.8 Å². The molecule has 1 aromatic heterocycles. The van der Waals surface area contributed by atoms with E-state index in [4.69, 9.17) is 14.2 Å². The van der Waals surface area contributed by atoms with Crippen LogP contribution < -0.4 is 14.4 Å². The smallest absolute Gasteiger partial charge is 0.350 e. The summed E-state index contributed by atoms with van der Waals surface area (Å²) in [6, 6.07) is 11.3. The molecule has 224 valence electrons. The number of amides is 1. The molecule has 2 atom stereocenters. The lowest BCUT2D eigenvalue weighted by Gasteiger charge is -2.23. The number of rotatable bonds is 11. The average molecular weight is 603 g/mol. The van der Waals surface area contributed by atoms with Crippen molar-refractivity contribution < 1.29 is 33.7 Å². The van der Waals surface area contributed by atoms with Gasteiger partial charge in [-0.25, -0.2) is 9.78 Å². The van der Waals surface area contributed by atoms with E-state index in [0.29, 0.717) is 35.6 Å². The molecule has 43 heavy (non-hydrogen) atoms. The lowest BCUT2D eigenvalue weighted by molar-refractivity contribution is -0.132. The molecular weight excluding hydrogens is 568 g/mol. The van der Waals surface area contributed by atoms with Gasteiger partial charge >= 0.3 is 11.9 Å². The van der Waals surface area contributed by atoms with Gasteiger partial charge in [0.2, 0.25) is 0 Å². The standard InChI is InChI=1S/C33H34N2O7S/c1-5-7-8-15-40-24-11-9-10-21(18-24)27-26(28(36)22-12-13-25-23(17-22)16-19(3)42-25)29(37)31(38)35(27)33-34-20(4)30(43-33)32(39)41-14-6-2/h6,9-13,17-19,27,36H,2,5,7-8,14-16H2,1,3-4H3. The number of hydrogen-bond donors (Lipinski definition) is 1. The molecule has 2 aromatic carbocycles. The molecule has 0 aliphatic carbocycles. The molecule has 2 unspecified atom stereocenters. The summed E-state index contributed by atoms with van der Waals surface area (Å²) in [5.41, 5.74) is 2.13. The molecule has 10 heteroatoms. The third-order valence-electron chi connectivity index (χ3n) is 7.31. The molecule has 2 aliphatic rings. The first-order valence-electron chi connectivity index (χ1n) is 14.3. The van der Waals surface area contributed by atoms with Crippen LogP contribution in [0.4, 0.5) is 5.13 Å². The van der Waals surface area contributed by atoms with Gasteiger partial charge in [0.15, 0.2) is 5.13 Å². The van der Waals surface area contributed by atoms with Crippen LogP contribution in [0.3, 0.4) is 0 Å². The summed E-state index contributed by atoms with van der Waals surface area (Å²) in [5, 5.41) is 11.8. The molecule has 0 bridgehead atoms. The molecule has 2 aliphatic heterocycles. The molecule has 1 fully saturated rings. The minimum atomic E-state index is -1.02. The van der Waals surface area contributed by atoms with E-state index in [2.05, 4.69) is 18.5 Å². The number of benzene rings is 2. The minimum Gasteiger partial charge on any atom is -0.507 e. The second kappa shape index (κ2) is 12.8. The van der Waals surface area contributed by atoms with E-state index in [1.54, 1.807) is 43.3 Å². The number of carbonyl (C=O) groups is 3. The first-order valence-corrected chi connectivity index (χ1v) is 15.1. The van der Waals surface area contributed by atoms with Crippen LogP contribution in [0.2, 0.25) is 0 Å². The van der Waals surface area contributed by atoms with Crippen LogP contribution >= 0.6 is 11.3 Å². The van der Waals surface area contributed by atoms with Crippen molar-refractivity contribution in [2.24, 2.45) is 0 Å². The predicted molar refractivity (Wildman–Crippen MR) is 164 cm³/mol. The molecule has 5 rings (SSSR count). The van der Waals surface area contributed by atoms with E-state index in [1.165, 1.54) is 11.0 Å². The summed E-state index contributed by atoms with van der Waals surface area (Å²) in [6.45, 7) is 9.81. The van der Waals surface area contributed by atoms with E-state index in [1.807, 2.05) is 13.0 Å². The Morgan fingerprint density at radius 1 is 1.23 bits per heavy atom. The van der Waals surface area contributed by atoms with Crippen LogP contribution in [0, 0.1) is 6.92 Å². The summed E-state index contributed by atoms with van der Waals surface area (Å²) in [4.78, 5) is 46.0. The predicted octanol–water partition coefficient (Wildman–Crippen LogP) is 6.31. The van der Waals surface area contributed by atoms with Crippen molar-refractivity contribution in [2.75, 3.05) is 18.1 Å². The third-order valence-corrected chi connectivity index (χ3v) is 8.45. The van der Waals surface area contributed by atoms with Crippen molar-refractivity contribution in [3.05, 3.63) is 88.0 Å². The Bertz CT molecular complexity index is 1610. The van der Waals surface area contributed by atoms with Gasteiger partial charge in [-0.1, -0.05) is 55.9 Å². The number of Topliss-reactive ketones (excluding diaryl/α,β-unsaturated/α-hetero) is 1. The number of ketones is 1. The van der Waals surface area contributed by atoms with E-state index >= 15 is 0 Å². The summed E-state index contributed by atoms with van der Waals surface area (Å²) >= 11 is 0.950. The maximum Gasteiger partial charge on any atom is 0.350 e. The summed E-state index contributed by atoms with van der Waals surface area (Å²) < 4.78 is 17.0. The number of nitrogens with zero attached hydrogens (tertiary/aromatic N) is 2. The highest BCUT2D eigenvalue weighted by atomic mass is 32.1. The third kappa shape index (κ3) is 6.06. The van der Waals surface area contributed by atoms with Gasteiger partial charge in [-0.15, -0.1) is 0 Å². The van der Waals surface area contributed by atoms with Crippen molar-refractivity contribution in [2.45, 2.75) is 58.6 Å². The summed E-state index contributed by atoms with van der Waals surface area (Å²) in [7, 11) is 0. The Hall–Kier alpha value is -4.44. The van der Waals surface area contributed by atoms with Crippen LogP contribution in [0.1, 0.15) is 71.2 Å². The molecule has 0 radical (unpaired) electrons. The summed E-state index contributed by atoms with van der Waals surface area (Å²) in [6.07, 6.45) is 5.10. The monoisotopic (exact) mass is 602 g/mol. The zero-order chi connectivity index (χ0) is 30.7. The number of aliphatic hydroxyl groups excluding tert-OH is 1. The largest absolute Gasteiger partial charge is 0.507 e. The number of thiazole rings is 1. The molecule has 1 amide bonds. The van der Waals surface area contributed by atoms with Crippen LogP contribution in [0.5, 0.6) is 11.5 Å². The molecular formula is C33H34N2O7S. The zero-order valence-corrected chi connectivity index (χ0v) is 25.2. The Balaban J connectivity index is 1.61. The highest BCUT2D eigenvalue weighted by Crippen LogP contribution is 2.45. The molecule has 9 nitrogen and oxygen atoms in total. The SMILES string of the molecule is C=CCOC(=O)c1sc(N2C(=O)C(=O)C(=C(O)c3ccc4c(c3)CC(C)O4)C2c2cccc(OCCCCC)c2)nc1C. The van der Waals surface area contributed by atoms with Crippen molar-refractivity contribution in [3.63, 3.8) is 0 Å². The lowest BCUT2D eigenvalue weighted by Crippen LogP contribution is -2.29. The highest BCUT2D eigenvalue weighted by Gasteiger charge is 2.48. The Kier molecular flexibility index (Phi) is 8.96. The van der Waals surface area contributed by atoms with Gasteiger partial charge in [-0.3, -0.25) is 14.5 Å². The van der Waals surface area contributed by atoms with Crippen LogP contribution in [-0.4, -0.2) is 47.1 Å². The molecule has 3 aromatic rings. The highest BCUT2D eigenvalue weighted by molar-refractivity contribution is 7.17. The van der Waals surface area contributed by atoms with Crippen molar-refractivity contribution in [3.8, 4) is 11.5 Å². The first kappa shape index (κ1) is 30.0. The number of aryl methyl sites for hydroxylation is 1. The van der Waals surface area contributed by atoms with Gasteiger partial charge in [-0.05, 0) is 61.7 Å². The van der Waals surface area contributed by atoms with Gasteiger partial charge < -0.3 is 19.3 Å². The number of aromatic nitrogens is 1. The second-order valence-electron chi connectivity index (χ2n) is 10.6. The van der Waals surface area contributed by atoms with E-state index in [-0.39, 0.29) is 34.1 Å².